The van der Waals surface area contributed by atoms with Gasteiger partial charge in [0.25, 0.3) is 0 Å². The molecular weight excluding hydrogens is 338 g/mol. The Hall–Kier alpha value is -1.59. The molecule has 1 aliphatic carbocycles. The maximum absolute atomic E-state index is 12.2. The summed E-state index contributed by atoms with van der Waals surface area (Å²) in [7, 11) is 2.01. The van der Waals surface area contributed by atoms with Crippen LogP contribution in [0.4, 0.5) is 0 Å². The first-order chi connectivity index (χ1) is 12.0. The Bertz CT molecular complexity index is 620. The molecule has 0 bridgehead atoms. The van der Waals surface area contributed by atoms with Crippen molar-refractivity contribution < 1.29 is 9.59 Å². The van der Waals surface area contributed by atoms with Gasteiger partial charge in [-0.1, -0.05) is 23.7 Å². The molecule has 5 nitrogen and oxygen atoms in total. The second kappa shape index (κ2) is 8.19. The molecule has 0 radical (unpaired) electrons. The van der Waals surface area contributed by atoms with E-state index < -0.39 is 0 Å². The minimum absolute atomic E-state index is 0.0561. The van der Waals surface area contributed by atoms with E-state index in [1.54, 1.807) is 0 Å². The number of hydrogen-bond acceptors (Lipinski definition) is 3. The van der Waals surface area contributed by atoms with Gasteiger partial charge in [-0.15, -0.1) is 0 Å². The van der Waals surface area contributed by atoms with Gasteiger partial charge in [-0.2, -0.15) is 0 Å². The third-order valence-corrected chi connectivity index (χ3v) is 5.74. The van der Waals surface area contributed by atoms with Crippen LogP contribution in [0.15, 0.2) is 24.3 Å². The van der Waals surface area contributed by atoms with Crippen molar-refractivity contribution in [2.75, 3.05) is 26.7 Å². The van der Waals surface area contributed by atoms with Crippen molar-refractivity contribution in [3.63, 3.8) is 0 Å². The molecule has 3 rings (SSSR count). The summed E-state index contributed by atoms with van der Waals surface area (Å²) in [4.78, 5) is 25.8. The summed E-state index contributed by atoms with van der Waals surface area (Å²) in [6.07, 6.45) is 3.53. The summed E-state index contributed by atoms with van der Waals surface area (Å²) < 4.78 is 0. The maximum Gasteiger partial charge on any atom is 0.234 e. The van der Waals surface area contributed by atoms with Crippen molar-refractivity contribution >= 4 is 23.4 Å². The Balaban J connectivity index is 1.39. The van der Waals surface area contributed by atoms with Gasteiger partial charge in [-0.25, -0.2) is 0 Å². The Morgan fingerprint density at radius 2 is 2.00 bits per heavy atom. The number of likely N-dealkylation sites (N-methyl/N-ethyl adjacent to an activating group) is 1. The smallest absolute Gasteiger partial charge is 0.234 e. The first-order valence-corrected chi connectivity index (χ1v) is 9.37. The highest BCUT2D eigenvalue weighted by Gasteiger charge is 2.39. The van der Waals surface area contributed by atoms with Crippen LogP contribution in [0.2, 0.25) is 5.02 Å². The Morgan fingerprint density at radius 3 is 2.76 bits per heavy atom. The highest BCUT2D eigenvalue weighted by molar-refractivity contribution is 6.30. The fourth-order valence-electron chi connectivity index (χ4n) is 4.00. The predicted octanol–water partition coefficient (Wildman–Crippen LogP) is 1.85. The molecule has 2 aliphatic rings. The SMILES string of the molecule is CN(CC(=O)NCCc1ccc(Cl)cc1)[C@H]1C[C@H]2CNC(=O)C[C@H]2C1. The second-order valence-corrected chi connectivity index (χ2v) is 7.73. The lowest BCUT2D eigenvalue weighted by Crippen LogP contribution is -2.40. The Morgan fingerprint density at radius 1 is 1.28 bits per heavy atom. The number of piperidine rings is 1. The van der Waals surface area contributed by atoms with Gasteiger partial charge in [-0.3, -0.25) is 14.5 Å². The summed E-state index contributed by atoms with van der Waals surface area (Å²) in [5, 5.41) is 6.67. The molecule has 1 heterocycles. The van der Waals surface area contributed by atoms with E-state index in [0.717, 1.165) is 36.4 Å². The van der Waals surface area contributed by atoms with E-state index in [0.29, 0.717) is 37.4 Å². The summed E-state index contributed by atoms with van der Waals surface area (Å²) >= 11 is 5.87. The van der Waals surface area contributed by atoms with Crippen LogP contribution in [-0.4, -0.2) is 49.4 Å². The van der Waals surface area contributed by atoms with Crippen molar-refractivity contribution in [1.82, 2.24) is 15.5 Å². The van der Waals surface area contributed by atoms with Gasteiger partial charge in [0.05, 0.1) is 6.54 Å². The van der Waals surface area contributed by atoms with Crippen LogP contribution >= 0.6 is 11.6 Å². The van der Waals surface area contributed by atoms with Gasteiger partial charge >= 0.3 is 0 Å². The van der Waals surface area contributed by atoms with Gasteiger partial charge in [0, 0.05) is 30.6 Å². The molecule has 2 amide bonds. The first kappa shape index (κ1) is 18.2. The maximum atomic E-state index is 12.2. The van der Waals surface area contributed by atoms with E-state index in [1.165, 1.54) is 0 Å². The topological polar surface area (TPSA) is 61.4 Å². The van der Waals surface area contributed by atoms with Crippen molar-refractivity contribution in [3.05, 3.63) is 34.9 Å². The van der Waals surface area contributed by atoms with Crippen LogP contribution in [0.25, 0.3) is 0 Å². The Labute approximate surface area is 154 Å². The zero-order chi connectivity index (χ0) is 17.8. The number of hydrogen-bond donors (Lipinski definition) is 2. The predicted molar refractivity (Wildman–Crippen MR) is 98.4 cm³/mol. The lowest BCUT2D eigenvalue weighted by Gasteiger charge is -2.24. The fourth-order valence-corrected chi connectivity index (χ4v) is 4.13. The lowest BCUT2D eigenvalue weighted by atomic mass is 9.89. The van der Waals surface area contributed by atoms with Crippen LogP contribution in [0, 0.1) is 11.8 Å². The normalized spacial score (nSPS) is 25.6. The summed E-state index contributed by atoms with van der Waals surface area (Å²) in [6, 6.07) is 8.09. The van der Waals surface area contributed by atoms with Gasteiger partial charge in [0.1, 0.15) is 0 Å². The molecule has 3 atom stereocenters. The van der Waals surface area contributed by atoms with Crippen LogP contribution in [0.3, 0.4) is 0 Å². The number of amides is 2. The van der Waals surface area contributed by atoms with Crippen LogP contribution in [0.5, 0.6) is 0 Å². The third kappa shape index (κ3) is 4.95. The minimum Gasteiger partial charge on any atom is -0.356 e. The summed E-state index contributed by atoms with van der Waals surface area (Å²) in [6.45, 7) is 1.83. The summed E-state index contributed by atoms with van der Waals surface area (Å²) in [5.41, 5.74) is 1.16. The number of benzene rings is 1. The van der Waals surface area contributed by atoms with Crippen LogP contribution < -0.4 is 10.6 Å². The number of halogens is 1. The Kier molecular flexibility index (Phi) is 5.97. The molecule has 136 valence electrons. The van der Waals surface area contributed by atoms with E-state index in [-0.39, 0.29) is 11.8 Å². The summed E-state index contributed by atoms with van der Waals surface area (Å²) in [5.74, 6) is 1.28. The first-order valence-electron chi connectivity index (χ1n) is 8.99. The van der Waals surface area contributed by atoms with Crippen LogP contribution in [-0.2, 0) is 16.0 Å². The minimum atomic E-state index is 0.0561. The quantitative estimate of drug-likeness (QED) is 0.810. The average molecular weight is 364 g/mol. The second-order valence-electron chi connectivity index (χ2n) is 7.30. The fraction of sp³-hybridized carbons (Fsp3) is 0.579. The van der Waals surface area contributed by atoms with E-state index >= 15 is 0 Å². The van der Waals surface area contributed by atoms with Gasteiger partial charge in [-0.05, 0) is 55.8 Å². The molecule has 0 aromatic heterocycles. The van der Waals surface area contributed by atoms with Crippen molar-refractivity contribution in [3.8, 4) is 0 Å². The zero-order valence-electron chi connectivity index (χ0n) is 14.6. The molecule has 1 aromatic carbocycles. The highest BCUT2D eigenvalue weighted by Crippen LogP contribution is 2.38. The molecule has 0 unspecified atom stereocenters. The van der Waals surface area contributed by atoms with Gasteiger partial charge < -0.3 is 10.6 Å². The average Bonchev–Trinajstić information content (AvgIpc) is 3.00. The molecule has 1 aliphatic heterocycles. The molecule has 2 N–H and O–H groups in total. The highest BCUT2D eigenvalue weighted by atomic mass is 35.5. The molecule has 0 spiro atoms. The molecule has 25 heavy (non-hydrogen) atoms. The van der Waals surface area contributed by atoms with Crippen molar-refractivity contribution in [2.45, 2.75) is 31.7 Å². The molecule has 2 fully saturated rings. The lowest BCUT2D eigenvalue weighted by molar-refractivity contribution is -0.124. The number of carbonyl (C=O) groups is 2. The monoisotopic (exact) mass is 363 g/mol. The standard InChI is InChI=1S/C19H26ClN3O2/c1-23(17-8-14-10-18(24)22-11-15(14)9-17)12-19(25)21-7-6-13-2-4-16(20)5-3-13/h2-5,14-15,17H,6-12H2,1H3,(H,21,25)(H,22,24)/t14-,15+,17-/m1/s1. The number of nitrogens with one attached hydrogen (secondary N) is 2. The van der Waals surface area contributed by atoms with Crippen molar-refractivity contribution in [1.29, 1.82) is 0 Å². The van der Waals surface area contributed by atoms with E-state index in [2.05, 4.69) is 15.5 Å². The number of nitrogens with zero attached hydrogens (tertiary/aromatic N) is 1. The van der Waals surface area contributed by atoms with E-state index in [9.17, 15) is 9.59 Å². The number of fused-ring (bicyclic) bond motifs is 1. The van der Waals surface area contributed by atoms with Crippen molar-refractivity contribution in [2.24, 2.45) is 11.8 Å². The zero-order valence-corrected chi connectivity index (χ0v) is 15.4. The number of carbonyl (C=O) groups excluding carboxylic acids is 2. The largest absolute Gasteiger partial charge is 0.356 e. The van der Waals surface area contributed by atoms with E-state index in [4.69, 9.17) is 11.6 Å². The molecule has 1 saturated carbocycles. The van der Waals surface area contributed by atoms with Gasteiger partial charge in [0.2, 0.25) is 11.8 Å². The molecular formula is C19H26ClN3O2. The molecule has 1 aromatic rings. The third-order valence-electron chi connectivity index (χ3n) is 5.49. The number of rotatable bonds is 6. The van der Waals surface area contributed by atoms with Gasteiger partial charge in [0.15, 0.2) is 0 Å². The van der Waals surface area contributed by atoms with Crippen LogP contribution in [0.1, 0.15) is 24.8 Å². The molecule has 1 saturated heterocycles. The van der Waals surface area contributed by atoms with E-state index in [1.807, 2.05) is 31.3 Å². The molecule has 6 heteroatoms.